The molecule has 0 aliphatic carbocycles. The fraction of sp³-hybridized carbons (Fsp3) is 0.611. The van der Waals surface area contributed by atoms with Gasteiger partial charge in [-0.25, -0.2) is 0 Å². The van der Waals surface area contributed by atoms with Crippen molar-refractivity contribution in [3.8, 4) is 5.75 Å². The molecule has 0 unspecified atom stereocenters. The SMILES string of the molecule is CC(C)(Oc1ccc(Cl)cc1)C(=O)N1CCC(C2OCCO2)CC1. The largest absolute Gasteiger partial charge is 0.478 e. The minimum absolute atomic E-state index is 0.00385. The van der Waals surface area contributed by atoms with E-state index in [1.165, 1.54) is 0 Å². The van der Waals surface area contributed by atoms with Crippen LogP contribution in [0.3, 0.4) is 0 Å². The molecule has 0 radical (unpaired) electrons. The maximum absolute atomic E-state index is 12.8. The number of halogens is 1. The Morgan fingerprint density at radius 3 is 2.33 bits per heavy atom. The van der Waals surface area contributed by atoms with Crippen molar-refractivity contribution in [2.24, 2.45) is 5.92 Å². The fourth-order valence-corrected chi connectivity index (χ4v) is 3.37. The molecular weight excluding hydrogens is 330 g/mol. The van der Waals surface area contributed by atoms with Crippen LogP contribution in [0.2, 0.25) is 5.02 Å². The Balaban J connectivity index is 1.56. The lowest BCUT2D eigenvalue weighted by molar-refractivity contribution is -0.150. The van der Waals surface area contributed by atoms with Crippen LogP contribution in [0.15, 0.2) is 24.3 Å². The molecule has 132 valence electrons. The van der Waals surface area contributed by atoms with Crippen LogP contribution in [-0.4, -0.2) is 49.0 Å². The van der Waals surface area contributed by atoms with Crippen LogP contribution < -0.4 is 4.74 Å². The van der Waals surface area contributed by atoms with Crippen molar-refractivity contribution in [2.75, 3.05) is 26.3 Å². The van der Waals surface area contributed by atoms with Gasteiger partial charge in [0.05, 0.1) is 13.2 Å². The standard InChI is InChI=1S/C18H24ClNO4/c1-18(2,24-15-5-3-14(19)4-6-15)17(21)20-9-7-13(8-10-20)16-22-11-12-23-16/h3-6,13,16H,7-12H2,1-2H3. The minimum atomic E-state index is -0.916. The van der Waals surface area contributed by atoms with Gasteiger partial charge in [-0.3, -0.25) is 4.79 Å². The normalized spacial score (nSPS) is 20.4. The van der Waals surface area contributed by atoms with Crippen molar-refractivity contribution in [2.45, 2.75) is 38.6 Å². The van der Waals surface area contributed by atoms with Gasteiger partial charge in [-0.05, 0) is 51.0 Å². The zero-order chi connectivity index (χ0) is 17.2. The monoisotopic (exact) mass is 353 g/mol. The molecule has 1 aromatic carbocycles. The topological polar surface area (TPSA) is 48.0 Å². The number of benzene rings is 1. The molecule has 0 bridgehead atoms. The molecule has 2 aliphatic heterocycles. The Bertz CT molecular complexity index is 561. The quantitative estimate of drug-likeness (QED) is 0.834. The van der Waals surface area contributed by atoms with Crippen LogP contribution in [-0.2, 0) is 14.3 Å². The van der Waals surface area contributed by atoms with Gasteiger partial charge in [-0.15, -0.1) is 0 Å². The molecule has 3 rings (SSSR count). The molecule has 2 aliphatic rings. The molecule has 24 heavy (non-hydrogen) atoms. The molecule has 0 aromatic heterocycles. The molecule has 0 N–H and O–H groups in total. The highest BCUT2D eigenvalue weighted by molar-refractivity contribution is 6.30. The van der Waals surface area contributed by atoms with Gasteiger partial charge >= 0.3 is 0 Å². The van der Waals surface area contributed by atoms with Gasteiger partial charge in [-0.2, -0.15) is 0 Å². The number of carbonyl (C=O) groups is 1. The summed E-state index contributed by atoms with van der Waals surface area (Å²) >= 11 is 5.88. The number of carbonyl (C=O) groups excluding carboxylic acids is 1. The van der Waals surface area contributed by atoms with Gasteiger partial charge in [-0.1, -0.05) is 11.6 Å². The van der Waals surface area contributed by atoms with Gasteiger partial charge in [0, 0.05) is 24.0 Å². The Labute approximate surface area is 147 Å². The molecule has 0 saturated carbocycles. The van der Waals surface area contributed by atoms with Crippen LogP contribution in [0.5, 0.6) is 5.75 Å². The molecule has 0 atom stereocenters. The molecule has 6 heteroatoms. The Morgan fingerprint density at radius 1 is 1.17 bits per heavy atom. The second-order valence-corrected chi connectivity index (χ2v) is 7.24. The average Bonchev–Trinajstić information content (AvgIpc) is 3.11. The Hall–Kier alpha value is -1.30. The van der Waals surface area contributed by atoms with Crippen LogP contribution in [0, 0.1) is 5.92 Å². The molecule has 2 saturated heterocycles. The predicted octanol–water partition coefficient (Wildman–Crippen LogP) is 3.11. The lowest BCUT2D eigenvalue weighted by Gasteiger charge is -2.38. The first-order valence-electron chi connectivity index (χ1n) is 8.43. The summed E-state index contributed by atoms with van der Waals surface area (Å²) in [5.74, 6) is 1.02. The number of rotatable bonds is 4. The number of hydrogen-bond donors (Lipinski definition) is 0. The lowest BCUT2D eigenvalue weighted by Crippen LogP contribution is -2.52. The number of ether oxygens (including phenoxy) is 3. The second-order valence-electron chi connectivity index (χ2n) is 6.81. The van der Waals surface area contributed by atoms with Crippen molar-refractivity contribution in [3.63, 3.8) is 0 Å². The van der Waals surface area contributed by atoms with Crippen molar-refractivity contribution < 1.29 is 19.0 Å². The van der Waals surface area contributed by atoms with Gasteiger partial charge in [0.25, 0.3) is 5.91 Å². The summed E-state index contributed by atoms with van der Waals surface area (Å²) in [4.78, 5) is 14.7. The molecule has 0 spiro atoms. The zero-order valence-corrected chi connectivity index (χ0v) is 14.9. The third-order valence-corrected chi connectivity index (χ3v) is 4.81. The van der Waals surface area contributed by atoms with Crippen LogP contribution in [0.1, 0.15) is 26.7 Å². The van der Waals surface area contributed by atoms with Crippen molar-refractivity contribution in [1.82, 2.24) is 4.90 Å². The van der Waals surface area contributed by atoms with Crippen LogP contribution >= 0.6 is 11.6 Å². The fourth-order valence-electron chi connectivity index (χ4n) is 3.25. The molecular formula is C18H24ClNO4. The minimum Gasteiger partial charge on any atom is -0.478 e. The first-order valence-corrected chi connectivity index (χ1v) is 8.81. The number of likely N-dealkylation sites (tertiary alicyclic amines) is 1. The van der Waals surface area contributed by atoms with E-state index in [0.29, 0.717) is 43.0 Å². The summed E-state index contributed by atoms with van der Waals surface area (Å²) in [6.45, 7) is 6.37. The maximum Gasteiger partial charge on any atom is 0.266 e. The summed E-state index contributed by atoms with van der Waals surface area (Å²) < 4.78 is 17.1. The summed E-state index contributed by atoms with van der Waals surface area (Å²) in [6, 6.07) is 7.06. The Morgan fingerprint density at radius 2 is 1.75 bits per heavy atom. The highest BCUT2D eigenvalue weighted by Gasteiger charge is 2.38. The summed E-state index contributed by atoms with van der Waals surface area (Å²) in [6.07, 6.45) is 1.70. The van der Waals surface area contributed by atoms with Crippen molar-refractivity contribution in [3.05, 3.63) is 29.3 Å². The highest BCUT2D eigenvalue weighted by atomic mass is 35.5. The zero-order valence-electron chi connectivity index (χ0n) is 14.2. The predicted molar refractivity (Wildman–Crippen MR) is 91.2 cm³/mol. The first-order chi connectivity index (χ1) is 11.5. The summed E-state index contributed by atoms with van der Waals surface area (Å²) in [5.41, 5.74) is -0.916. The second kappa shape index (κ2) is 7.30. The lowest BCUT2D eigenvalue weighted by atomic mass is 9.94. The van der Waals surface area contributed by atoms with E-state index in [4.69, 9.17) is 25.8 Å². The third kappa shape index (κ3) is 4.02. The first kappa shape index (κ1) is 17.5. The molecule has 1 amide bonds. The van der Waals surface area contributed by atoms with E-state index in [1.807, 2.05) is 4.90 Å². The van der Waals surface area contributed by atoms with E-state index in [-0.39, 0.29) is 12.2 Å². The van der Waals surface area contributed by atoms with Gasteiger partial charge in [0.2, 0.25) is 0 Å². The van der Waals surface area contributed by atoms with E-state index in [1.54, 1.807) is 38.1 Å². The smallest absolute Gasteiger partial charge is 0.266 e. The van der Waals surface area contributed by atoms with Gasteiger partial charge in [0.1, 0.15) is 5.75 Å². The van der Waals surface area contributed by atoms with Gasteiger partial charge in [0.15, 0.2) is 11.9 Å². The maximum atomic E-state index is 12.8. The van der Waals surface area contributed by atoms with Crippen LogP contribution in [0.4, 0.5) is 0 Å². The van der Waals surface area contributed by atoms with E-state index in [9.17, 15) is 4.79 Å². The van der Waals surface area contributed by atoms with E-state index < -0.39 is 5.60 Å². The average molecular weight is 354 g/mol. The van der Waals surface area contributed by atoms with Crippen molar-refractivity contribution in [1.29, 1.82) is 0 Å². The number of piperidine rings is 1. The Kier molecular flexibility index (Phi) is 5.33. The molecule has 2 fully saturated rings. The van der Waals surface area contributed by atoms with Crippen molar-refractivity contribution >= 4 is 17.5 Å². The van der Waals surface area contributed by atoms with E-state index >= 15 is 0 Å². The van der Waals surface area contributed by atoms with E-state index in [0.717, 1.165) is 12.8 Å². The highest BCUT2D eigenvalue weighted by Crippen LogP contribution is 2.28. The van der Waals surface area contributed by atoms with Gasteiger partial charge < -0.3 is 19.1 Å². The van der Waals surface area contributed by atoms with Crippen LogP contribution in [0.25, 0.3) is 0 Å². The molecule has 5 nitrogen and oxygen atoms in total. The molecule has 1 aromatic rings. The number of nitrogens with zero attached hydrogens (tertiary/aromatic N) is 1. The number of amides is 1. The third-order valence-electron chi connectivity index (χ3n) is 4.56. The summed E-state index contributed by atoms with van der Waals surface area (Å²) in [5, 5.41) is 0.643. The summed E-state index contributed by atoms with van der Waals surface area (Å²) in [7, 11) is 0. The molecule has 2 heterocycles. The van der Waals surface area contributed by atoms with E-state index in [2.05, 4.69) is 0 Å². The number of hydrogen-bond acceptors (Lipinski definition) is 4.